The molecule has 0 aliphatic carbocycles. The van der Waals surface area contributed by atoms with Crippen LogP contribution in [0.2, 0.25) is 0 Å². The number of aromatic nitrogens is 1. The molecule has 2 unspecified atom stereocenters. The summed E-state index contributed by atoms with van der Waals surface area (Å²) >= 11 is 0. The first kappa shape index (κ1) is 14.4. The van der Waals surface area contributed by atoms with Crippen LogP contribution in [0.1, 0.15) is 25.8 Å². The predicted octanol–water partition coefficient (Wildman–Crippen LogP) is 1.67. The van der Waals surface area contributed by atoms with Gasteiger partial charge in [-0.05, 0) is 37.6 Å². The smallest absolute Gasteiger partial charge is 0.0620 e. The Morgan fingerprint density at radius 2 is 2.26 bits per heavy atom. The zero-order valence-corrected chi connectivity index (χ0v) is 12.0. The van der Waals surface area contributed by atoms with Crippen LogP contribution >= 0.6 is 0 Å². The molecule has 0 spiro atoms. The van der Waals surface area contributed by atoms with Gasteiger partial charge in [-0.15, -0.1) is 0 Å². The summed E-state index contributed by atoms with van der Waals surface area (Å²) in [5.74, 6) is 0. The number of hydrogen-bond donors (Lipinski definition) is 1. The van der Waals surface area contributed by atoms with Crippen LogP contribution in [-0.2, 0) is 11.3 Å². The van der Waals surface area contributed by atoms with E-state index in [1.165, 1.54) is 5.56 Å². The van der Waals surface area contributed by atoms with Crippen molar-refractivity contribution in [1.29, 1.82) is 0 Å². The van der Waals surface area contributed by atoms with Crippen LogP contribution in [0, 0.1) is 0 Å². The lowest BCUT2D eigenvalue weighted by molar-refractivity contribution is 0.0615. The van der Waals surface area contributed by atoms with E-state index in [4.69, 9.17) is 4.74 Å². The average molecular weight is 263 g/mol. The van der Waals surface area contributed by atoms with Gasteiger partial charge < -0.3 is 10.1 Å². The van der Waals surface area contributed by atoms with Crippen molar-refractivity contribution < 1.29 is 4.74 Å². The molecule has 0 amide bonds. The minimum absolute atomic E-state index is 0.496. The molecule has 2 rings (SSSR count). The molecule has 0 aromatic carbocycles. The van der Waals surface area contributed by atoms with Gasteiger partial charge in [0.15, 0.2) is 0 Å². The maximum absolute atomic E-state index is 5.53. The normalized spacial score (nSPS) is 21.5. The van der Waals surface area contributed by atoms with E-state index in [0.29, 0.717) is 12.1 Å². The lowest BCUT2D eigenvalue weighted by Gasteiger charge is -2.32. The van der Waals surface area contributed by atoms with Crippen molar-refractivity contribution >= 4 is 0 Å². The highest BCUT2D eigenvalue weighted by molar-refractivity contribution is 5.09. The number of ether oxygens (including phenoxy) is 1. The Kier molecular flexibility index (Phi) is 5.76. The molecule has 1 aliphatic heterocycles. The molecular weight excluding hydrogens is 238 g/mol. The Morgan fingerprint density at radius 3 is 2.89 bits per heavy atom. The molecule has 0 saturated carbocycles. The molecule has 1 aliphatic rings. The zero-order chi connectivity index (χ0) is 13.5. The van der Waals surface area contributed by atoms with Gasteiger partial charge >= 0.3 is 0 Å². The minimum Gasteiger partial charge on any atom is -0.379 e. The molecule has 1 aromatic heterocycles. The zero-order valence-electron chi connectivity index (χ0n) is 12.0. The Balaban J connectivity index is 1.85. The van der Waals surface area contributed by atoms with Crippen LogP contribution in [0.15, 0.2) is 24.5 Å². The van der Waals surface area contributed by atoms with E-state index in [-0.39, 0.29) is 0 Å². The fourth-order valence-corrected chi connectivity index (χ4v) is 2.63. The van der Waals surface area contributed by atoms with E-state index in [9.17, 15) is 0 Å². The van der Waals surface area contributed by atoms with Gasteiger partial charge in [0.05, 0.1) is 13.2 Å². The van der Waals surface area contributed by atoms with Crippen LogP contribution < -0.4 is 5.32 Å². The van der Waals surface area contributed by atoms with E-state index >= 15 is 0 Å². The molecule has 106 valence electrons. The van der Waals surface area contributed by atoms with Crippen molar-refractivity contribution in [2.75, 3.05) is 26.3 Å². The molecule has 2 heterocycles. The monoisotopic (exact) mass is 263 g/mol. The molecule has 1 N–H and O–H groups in total. The topological polar surface area (TPSA) is 37.4 Å². The number of morpholine rings is 1. The fourth-order valence-electron chi connectivity index (χ4n) is 2.63. The van der Waals surface area contributed by atoms with Crippen molar-refractivity contribution in [2.45, 2.75) is 38.9 Å². The Morgan fingerprint density at radius 1 is 1.47 bits per heavy atom. The highest BCUT2D eigenvalue weighted by Gasteiger charge is 2.20. The largest absolute Gasteiger partial charge is 0.379 e. The second kappa shape index (κ2) is 7.58. The van der Waals surface area contributed by atoms with Gasteiger partial charge in [-0.3, -0.25) is 9.88 Å². The lowest BCUT2D eigenvalue weighted by atomic mass is 10.1. The summed E-state index contributed by atoms with van der Waals surface area (Å²) in [4.78, 5) is 6.58. The van der Waals surface area contributed by atoms with E-state index in [1.807, 2.05) is 12.4 Å². The minimum atomic E-state index is 0.496. The van der Waals surface area contributed by atoms with Crippen LogP contribution in [0.4, 0.5) is 0 Å². The SMILES string of the molecule is CCN(Cc1ccncc1)C(C)CC1COCCN1. The van der Waals surface area contributed by atoms with Gasteiger partial charge in [-0.1, -0.05) is 6.92 Å². The third-order valence-corrected chi connectivity index (χ3v) is 3.79. The number of nitrogens with one attached hydrogen (secondary N) is 1. The maximum Gasteiger partial charge on any atom is 0.0620 e. The van der Waals surface area contributed by atoms with E-state index in [1.54, 1.807) is 0 Å². The van der Waals surface area contributed by atoms with Crippen LogP contribution in [-0.4, -0.2) is 48.3 Å². The first-order valence-corrected chi connectivity index (χ1v) is 7.23. The molecule has 4 nitrogen and oxygen atoms in total. The van der Waals surface area contributed by atoms with Gasteiger partial charge in [-0.25, -0.2) is 0 Å². The third-order valence-electron chi connectivity index (χ3n) is 3.79. The Hall–Kier alpha value is -0.970. The van der Waals surface area contributed by atoms with Crippen LogP contribution in [0.3, 0.4) is 0 Å². The first-order chi connectivity index (χ1) is 9.29. The third kappa shape index (κ3) is 4.56. The average Bonchev–Trinajstić information content (AvgIpc) is 2.47. The highest BCUT2D eigenvalue weighted by Crippen LogP contribution is 2.12. The molecule has 0 radical (unpaired) electrons. The molecule has 4 heteroatoms. The predicted molar refractivity (Wildman–Crippen MR) is 77.0 cm³/mol. The van der Waals surface area contributed by atoms with E-state index in [2.05, 4.69) is 41.2 Å². The van der Waals surface area contributed by atoms with Crippen molar-refractivity contribution in [3.8, 4) is 0 Å². The van der Waals surface area contributed by atoms with Crippen molar-refractivity contribution in [3.63, 3.8) is 0 Å². The highest BCUT2D eigenvalue weighted by atomic mass is 16.5. The first-order valence-electron chi connectivity index (χ1n) is 7.23. The molecular formula is C15H25N3O. The summed E-state index contributed by atoms with van der Waals surface area (Å²) in [6.45, 7) is 9.26. The van der Waals surface area contributed by atoms with Gasteiger partial charge in [0.2, 0.25) is 0 Å². The van der Waals surface area contributed by atoms with Crippen molar-refractivity contribution in [1.82, 2.24) is 15.2 Å². The summed E-state index contributed by atoms with van der Waals surface area (Å²) in [7, 11) is 0. The molecule has 2 atom stereocenters. The Bertz CT molecular complexity index is 352. The standard InChI is InChI=1S/C15H25N3O/c1-3-18(11-14-4-6-16-7-5-14)13(2)10-15-12-19-9-8-17-15/h4-7,13,15,17H,3,8-12H2,1-2H3. The summed E-state index contributed by atoms with van der Waals surface area (Å²) in [6, 6.07) is 5.24. The summed E-state index contributed by atoms with van der Waals surface area (Å²) in [5, 5.41) is 3.53. The second-order valence-corrected chi connectivity index (χ2v) is 5.23. The van der Waals surface area contributed by atoms with Crippen molar-refractivity contribution in [2.24, 2.45) is 0 Å². The van der Waals surface area contributed by atoms with Crippen LogP contribution in [0.5, 0.6) is 0 Å². The van der Waals surface area contributed by atoms with Crippen molar-refractivity contribution in [3.05, 3.63) is 30.1 Å². The van der Waals surface area contributed by atoms with E-state index in [0.717, 1.165) is 39.3 Å². The number of nitrogens with zero attached hydrogens (tertiary/aromatic N) is 2. The lowest BCUT2D eigenvalue weighted by Crippen LogP contribution is -2.45. The molecule has 0 bridgehead atoms. The number of pyridine rings is 1. The molecule has 1 aromatic rings. The second-order valence-electron chi connectivity index (χ2n) is 5.23. The number of hydrogen-bond acceptors (Lipinski definition) is 4. The summed E-state index contributed by atoms with van der Waals surface area (Å²) in [6.07, 6.45) is 4.87. The van der Waals surface area contributed by atoms with Gasteiger partial charge in [-0.2, -0.15) is 0 Å². The fraction of sp³-hybridized carbons (Fsp3) is 0.667. The number of rotatable bonds is 6. The molecule has 19 heavy (non-hydrogen) atoms. The quantitative estimate of drug-likeness (QED) is 0.847. The van der Waals surface area contributed by atoms with E-state index < -0.39 is 0 Å². The molecule has 1 fully saturated rings. The van der Waals surface area contributed by atoms with Crippen LogP contribution in [0.25, 0.3) is 0 Å². The van der Waals surface area contributed by atoms with Gasteiger partial charge in [0.25, 0.3) is 0 Å². The Labute approximate surface area is 116 Å². The maximum atomic E-state index is 5.53. The van der Waals surface area contributed by atoms with Gasteiger partial charge in [0, 0.05) is 37.6 Å². The summed E-state index contributed by atoms with van der Waals surface area (Å²) in [5.41, 5.74) is 1.33. The summed E-state index contributed by atoms with van der Waals surface area (Å²) < 4.78 is 5.53. The van der Waals surface area contributed by atoms with Gasteiger partial charge in [0.1, 0.15) is 0 Å². The molecule has 1 saturated heterocycles.